The van der Waals surface area contributed by atoms with Gasteiger partial charge in [0, 0.05) is 37.6 Å². The number of pyridine rings is 1. The summed E-state index contributed by atoms with van der Waals surface area (Å²) >= 11 is 0. The van der Waals surface area contributed by atoms with Gasteiger partial charge >= 0.3 is 0 Å². The molecule has 0 unspecified atom stereocenters. The van der Waals surface area contributed by atoms with Crippen LogP contribution in [0.5, 0.6) is 0 Å². The maximum absolute atomic E-state index is 12.3. The number of likely N-dealkylation sites (tertiary alicyclic amines) is 1. The van der Waals surface area contributed by atoms with E-state index in [-0.39, 0.29) is 17.5 Å². The number of aryl methyl sites for hydroxylation is 1. The first-order valence-electron chi connectivity index (χ1n) is 8.21. The van der Waals surface area contributed by atoms with Crippen molar-refractivity contribution in [3.05, 3.63) is 53.4 Å². The lowest BCUT2D eigenvalue weighted by molar-refractivity contribution is -0.130. The summed E-state index contributed by atoms with van der Waals surface area (Å²) in [6, 6.07) is 3.86. The van der Waals surface area contributed by atoms with E-state index in [4.69, 9.17) is 0 Å². The molecule has 0 radical (unpaired) electrons. The summed E-state index contributed by atoms with van der Waals surface area (Å²) in [5.74, 6) is -0.0830. The lowest BCUT2D eigenvalue weighted by Gasteiger charge is -2.44. The zero-order valence-electron chi connectivity index (χ0n) is 14.4. The van der Waals surface area contributed by atoms with E-state index in [1.54, 1.807) is 11.1 Å². The molecule has 2 aromatic heterocycles. The molecule has 7 heteroatoms. The highest BCUT2D eigenvalue weighted by Gasteiger charge is 2.33. The van der Waals surface area contributed by atoms with Crippen LogP contribution in [0, 0.1) is 0 Å². The zero-order chi connectivity index (χ0) is 18.0. The van der Waals surface area contributed by atoms with Crippen LogP contribution in [0.4, 0.5) is 5.69 Å². The molecular weight excluding hydrogens is 318 g/mol. The summed E-state index contributed by atoms with van der Waals surface area (Å²) in [4.78, 5) is 38.7. The molecule has 0 spiro atoms. The molecule has 1 fully saturated rings. The second-order valence-corrected chi connectivity index (χ2v) is 6.06. The van der Waals surface area contributed by atoms with Gasteiger partial charge in [0.1, 0.15) is 12.0 Å². The van der Waals surface area contributed by atoms with Gasteiger partial charge in [-0.15, -0.1) is 0 Å². The summed E-state index contributed by atoms with van der Waals surface area (Å²) in [6.45, 7) is 6.69. The molecule has 3 rings (SSSR count). The van der Waals surface area contributed by atoms with Crippen molar-refractivity contribution in [1.29, 1.82) is 0 Å². The molecule has 130 valence electrons. The second-order valence-electron chi connectivity index (χ2n) is 6.06. The minimum absolute atomic E-state index is 0.0830. The number of H-pyrrole nitrogens is 1. The van der Waals surface area contributed by atoms with Crippen LogP contribution in [0.3, 0.4) is 0 Å². The third kappa shape index (κ3) is 3.31. The lowest BCUT2D eigenvalue weighted by atomic mass is 10.1. The molecule has 0 aromatic carbocycles. The Morgan fingerprint density at radius 1 is 1.44 bits per heavy atom. The SMILES string of the molecule is C=CC(=O)N1CC(N(C)c2cc(-c3cc(CC)ncn3)c[nH]c2=O)C1. The van der Waals surface area contributed by atoms with E-state index < -0.39 is 0 Å². The Morgan fingerprint density at radius 2 is 2.20 bits per heavy atom. The van der Waals surface area contributed by atoms with E-state index >= 15 is 0 Å². The molecule has 1 amide bonds. The Balaban J connectivity index is 1.84. The summed E-state index contributed by atoms with van der Waals surface area (Å²) in [6.07, 6.45) is 5.33. The summed E-state index contributed by atoms with van der Waals surface area (Å²) in [5.41, 5.74) is 2.95. The van der Waals surface area contributed by atoms with Crippen LogP contribution in [-0.2, 0) is 11.2 Å². The number of aromatic nitrogens is 3. The third-order valence-electron chi connectivity index (χ3n) is 4.54. The Bertz CT molecular complexity index is 855. The maximum Gasteiger partial charge on any atom is 0.271 e. The monoisotopic (exact) mass is 339 g/mol. The van der Waals surface area contributed by atoms with Gasteiger partial charge in [-0.1, -0.05) is 13.5 Å². The van der Waals surface area contributed by atoms with E-state index in [0.717, 1.165) is 23.4 Å². The molecule has 1 aliphatic heterocycles. The number of hydrogen-bond acceptors (Lipinski definition) is 5. The first-order chi connectivity index (χ1) is 12.0. The Kier molecular flexibility index (Phi) is 4.65. The smallest absolute Gasteiger partial charge is 0.271 e. The van der Waals surface area contributed by atoms with Crippen molar-refractivity contribution in [2.24, 2.45) is 0 Å². The van der Waals surface area contributed by atoms with Crippen LogP contribution in [0.25, 0.3) is 11.3 Å². The van der Waals surface area contributed by atoms with Gasteiger partial charge in [-0.05, 0) is 24.6 Å². The summed E-state index contributed by atoms with van der Waals surface area (Å²) in [7, 11) is 1.87. The van der Waals surface area contributed by atoms with Crippen molar-refractivity contribution in [3.63, 3.8) is 0 Å². The van der Waals surface area contributed by atoms with Gasteiger partial charge < -0.3 is 14.8 Å². The van der Waals surface area contributed by atoms with Gasteiger partial charge in [0.25, 0.3) is 5.56 Å². The zero-order valence-corrected chi connectivity index (χ0v) is 14.4. The summed E-state index contributed by atoms with van der Waals surface area (Å²) in [5, 5.41) is 0. The largest absolute Gasteiger partial charge is 0.364 e. The third-order valence-corrected chi connectivity index (χ3v) is 4.54. The predicted octanol–water partition coefficient (Wildman–Crippen LogP) is 1.23. The first kappa shape index (κ1) is 16.9. The number of anilines is 1. The quantitative estimate of drug-likeness (QED) is 0.829. The standard InChI is InChI=1S/C18H21N5O2/c1-4-13-7-15(21-11-20-13)12-6-16(18(25)19-8-12)22(3)14-9-23(10-14)17(24)5-2/h5-8,11,14H,2,4,9-10H2,1,3H3,(H,19,25). The van der Waals surface area contributed by atoms with Crippen molar-refractivity contribution >= 4 is 11.6 Å². The van der Waals surface area contributed by atoms with Crippen LogP contribution >= 0.6 is 0 Å². The van der Waals surface area contributed by atoms with E-state index in [1.165, 1.54) is 12.4 Å². The molecule has 0 aliphatic carbocycles. The van der Waals surface area contributed by atoms with Gasteiger partial charge in [-0.25, -0.2) is 9.97 Å². The highest BCUT2D eigenvalue weighted by atomic mass is 16.2. The normalized spacial score (nSPS) is 14.1. The Hall–Kier alpha value is -2.96. The van der Waals surface area contributed by atoms with Crippen LogP contribution in [0.2, 0.25) is 0 Å². The number of nitrogens with one attached hydrogen (secondary N) is 1. The number of likely N-dealkylation sites (N-methyl/N-ethyl adjacent to an activating group) is 1. The Morgan fingerprint density at radius 3 is 2.88 bits per heavy atom. The van der Waals surface area contributed by atoms with E-state index in [0.29, 0.717) is 18.8 Å². The topological polar surface area (TPSA) is 82.2 Å². The second kappa shape index (κ2) is 6.88. The minimum atomic E-state index is -0.162. The number of carbonyl (C=O) groups is 1. The van der Waals surface area contributed by atoms with Crippen molar-refractivity contribution < 1.29 is 4.79 Å². The average Bonchev–Trinajstić information content (AvgIpc) is 2.60. The minimum Gasteiger partial charge on any atom is -0.364 e. The molecule has 0 saturated carbocycles. The fourth-order valence-corrected chi connectivity index (χ4v) is 2.84. The van der Waals surface area contributed by atoms with Crippen LogP contribution in [0.1, 0.15) is 12.6 Å². The maximum atomic E-state index is 12.3. The molecule has 25 heavy (non-hydrogen) atoms. The summed E-state index contributed by atoms with van der Waals surface area (Å²) < 4.78 is 0. The molecule has 1 saturated heterocycles. The molecule has 1 aliphatic rings. The van der Waals surface area contributed by atoms with E-state index in [2.05, 4.69) is 21.5 Å². The fraction of sp³-hybridized carbons (Fsp3) is 0.333. The highest BCUT2D eigenvalue weighted by molar-refractivity contribution is 5.87. The number of carbonyl (C=O) groups excluding carboxylic acids is 1. The van der Waals surface area contributed by atoms with Crippen molar-refractivity contribution in [2.75, 3.05) is 25.0 Å². The van der Waals surface area contributed by atoms with Gasteiger partial charge in [0.05, 0.1) is 11.7 Å². The van der Waals surface area contributed by atoms with Crippen molar-refractivity contribution in [2.45, 2.75) is 19.4 Å². The molecule has 7 nitrogen and oxygen atoms in total. The average molecular weight is 339 g/mol. The number of hydrogen-bond donors (Lipinski definition) is 1. The van der Waals surface area contributed by atoms with Gasteiger partial charge in [-0.2, -0.15) is 0 Å². The van der Waals surface area contributed by atoms with Crippen molar-refractivity contribution in [1.82, 2.24) is 19.9 Å². The fourth-order valence-electron chi connectivity index (χ4n) is 2.84. The first-order valence-corrected chi connectivity index (χ1v) is 8.21. The van der Waals surface area contributed by atoms with Crippen LogP contribution < -0.4 is 10.5 Å². The molecule has 3 heterocycles. The molecular formula is C18H21N5O2. The highest BCUT2D eigenvalue weighted by Crippen LogP contribution is 2.23. The van der Waals surface area contributed by atoms with Gasteiger partial charge in [-0.3, -0.25) is 9.59 Å². The molecule has 0 atom stereocenters. The molecule has 1 N–H and O–H groups in total. The van der Waals surface area contributed by atoms with E-state index in [9.17, 15) is 9.59 Å². The van der Waals surface area contributed by atoms with E-state index in [1.807, 2.05) is 31.0 Å². The number of aromatic amines is 1. The Labute approximate surface area is 146 Å². The van der Waals surface area contributed by atoms with Gasteiger partial charge in [0.15, 0.2) is 0 Å². The van der Waals surface area contributed by atoms with Crippen LogP contribution in [-0.4, -0.2) is 51.9 Å². The number of amides is 1. The number of rotatable bonds is 5. The lowest BCUT2D eigenvalue weighted by Crippen LogP contribution is -2.60. The molecule has 0 bridgehead atoms. The van der Waals surface area contributed by atoms with Crippen molar-refractivity contribution in [3.8, 4) is 11.3 Å². The molecule has 2 aromatic rings. The number of nitrogens with zero attached hydrogens (tertiary/aromatic N) is 4. The van der Waals surface area contributed by atoms with Gasteiger partial charge in [0.2, 0.25) is 5.91 Å². The predicted molar refractivity (Wildman–Crippen MR) is 96.4 cm³/mol. The van der Waals surface area contributed by atoms with Crippen LogP contribution in [0.15, 0.2) is 42.1 Å².